The molecule has 2 aliphatic rings. The number of thiophene rings is 1. The van der Waals surface area contributed by atoms with E-state index in [0.29, 0.717) is 27.6 Å². The lowest BCUT2D eigenvalue weighted by Crippen LogP contribution is -2.36. The van der Waals surface area contributed by atoms with Crippen LogP contribution in [0.5, 0.6) is 0 Å². The maximum absolute atomic E-state index is 14.8. The Balaban J connectivity index is 2.09. The number of aliphatic carboxylic acids is 1. The summed E-state index contributed by atoms with van der Waals surface area (Å²) in [5.41, 5.74) is 1.36. The van der Waals surface area contributed by atoms with Gasteiger partial charge in [0.05, 0.1) is 29.5 Å². The monoisotopic (exact) mass is 383 g/mol. The summed E-state index contributed by atoms with van der Waals surface area (Å²) in [6, 6.07) is 0.968. The smallest absolute Gasteiger partial charge is 0.307 e. The molecule has 1 atom stereocenters. The number of carbonyl (C=O) groups is 2. The molecule has 1 unspecified atom stereocenters. The third kappa shape index (κ3) is 2.98. The van der Waals surface area contributed by atoms with Gasteiger partial charge in [-0.05, 0) is 31.1 Å². The Morgan fingerprint density at radius 2 is 2.24 bits per heavy atom. The van der Waals surface area contributed by atoms with E-state index in [4.69, 9.17) is 16.3 Å². The fourth-order valence-electron chi connectivity index (χ4n) is 3.25. The van der Waals surface area contributed by atoms with Crippen molar-refractivity contribution >= 4 is 34.8 Å². The highest BCUT2D eigenvalue weighted by Gasteiger charge is 2.43. The normalized spacial score (nSPS) is 19.9. The lowest BCUT2D eigenvalue weighted by atomic mass is 9.91. The van der Waals surface area contributed by atoms with Crippen molar-refractivity contribution in [2.75, 3.05) is 7.11 Å². The second-order valence-corrected chi connectivity index (χ2v) is 7.24. The van der Waals surface area contributed by atoms with Crippen molar-refractivity contribution in [3.63, 3.8) is 0 Å². The molecule has 0 radical (unpaired) electrons. The number of fused-ring (bicyclic) bond motifs is 1. The van der Waals surface area contributed by atoms with Gasteiger partial charge in [0.2, 0.25) is 0 Å². The molecule has 1 aromatic rings. The SMILES string of the molecule is COC1=CCC2C(=C1F)C(CC(=O)O)=C(C)N2C(=O)c1csc(Cl)c1. The molecule has 25 heavy (non-hydrogen) atoms. The quantitative estimate of drug-likeness (QED) is 0.848. The summed E-state index contributed by atoms with van der Waals surface area (Å²) < 4.78 is 20.3. The first-order valence-electron chi connectivity index (χ1n) is 7.48. The molecule has 0 fully saturated rings. The van der Waals surface area contributed by atoms with Gasteiger partial charge in [-0.15, -0.1) is 11.3 Å². The number of carbonyl (C=O) groups excluding carboxylic acids is 1. The summed E-state index contributed by atoms with van der Waals surface area (Å²) in [6.45, 7) is 1.63. The molecular weight excluding hydrogens is 369 g/mol. The van der Waals surface area contributed by atoms with E-state index < -0.39 is 17.8 Å². The van der Waals surface area contributed by atoms with E-state index in [1.165, 1.54) is 23.3 Å². The van der Waals surface area contributed by atoms with Crippen LogP contribution in [0.3, 0.4) is 0 Å². The Morgan fingerprint density at radius 3 is 2.80 bits per heavy atom. The van der Waals surface area contributed by atoms with E-state index in [1.807, 2.05) is 0 Å². The van der Waals surface area contributed by atoms with Gasteiger partial charge in [0.1, 0.15) is 0 Å². The van der Waals surface area contributed by atoms with Gasteiger partial charge in [-0.1, -0.05) is 11.6 Å². The number of hydrogen-bond donors (Lipinski definition) is 1. The van der Waals surface area contributed by atoms with Crippen molar-refractivity contribution in [2.45, 2.75) is 25.8 Å². The Bertz CT molecular complexity index is 855. The summed E-state index contributed by atoms with van der Waals surface area (Å²) >= 11 is 7.13. The highest BCUT2D eigenvalue weighted by molar-refractivity contribution is 7.14. The van der Waals surface area contributed by atoms with E-state index in [0.717, 1.165) is 0 Å². The molecule has 1 amide bonds. The maximum atomic E-state index is 14.8. The molecule has 0 bridgehead atoms. The van der Waals surface area contributed by atoms with Crippen molar-refractivity contribution in [1.29, 1.82) is 0 Å². The molecule has 0 saturated carbocycles. The highest BCUT2D eigenvalue weighted by Crippen LogP contribution is 2.44. The lowest BCUT2D eigenvalue weighted by molar-refractivity contribution is -0.136. The second kappa shape index (κ2) is 6.65. The molecule has 0 aromatic carbocycles. The number of ether oxygens (including phenoxy) is 1. The topological polar surface area (TPSA) is 66.8 Å². The predicted molar refractivity (Wildman–Crippen MR) is 92.1 cm³/mol. The Labute approximate surface area is 152 Å². The second-order valence-electron chi connectivity index (χ2n) is 5.70. The molecule has 8 heteroatoms. The number of carboxylic acids is 1. The van der Waals surface area contributed by atoms with Gasteiger partial charge in [-0.2, -0.15) is 0 Å². The summed E-state index contributed by atoms with van der Waals surface area (Å²) in [5, 5.41) is 10.8. The van der Waals surface area contributed by atoms with Crippen LogP contribution in [0.2, 0.25) is 4.34 Å². The van der Waals surface area contributed by atoms with Crippen molar-refractivity contribution in [3.05, 3.63) is 55.9 Å². The molecular formula is C17H15ClFNO4S. The van der Waals surface area contributed by atoms with Crippen LogP contribution in [-0.4, -0.2) is 35.0 Å². The highest BCUT2D eigenvalue weighted by atomic mass is 35.5. The van der Waals surface area contributed by atoms with Crippen LogP contribution in [-0.2, 0) is 9.53 Å². The van der Waals surface area contributed by atoms with Crippen molar-refractivity contribution in [1.82, 2.24) is 4.90 Å². The predicted octanol–water partition coefficient (Wildman–Crippen LogP) is 4.13. The van der Waals surface area contributed by atoms with Gasteiger partial charge >= 0.3 is 5.97 Å². The average molecular weight is 384 g/mol. The summed E-state index contributed by atoms with van der Waals surface area (Å²) in [4.78, 5) is 25.6. The molecule has 5 nitrogen and oxygen atoms in total. The number of hydrogen-bond acceptors (Lipinski definition) is 4. The standard InChI is InChI=1S/C17H15ClFNO4S/c1-8-10(6-14(21)22)15-11(3-4-12(24-2)16(15)19)20(8)17(23)9-5-13(18)25-7-9/h4-5,7,11H,3,6H2,1-2H3,(H,21,22). The van der Waals surface area contributed by atoms with Gasteiger partial charge < -0.3 is 14.7 Å². The van der Waals surface area contributed by atoms with E-state index in [-0.39, 0.29) is 23.7 Å². The summed E-state index contributed by atoms with van der Waals surface area (Å²) in [5.74, 6) is -1.97. The number of halogens is 2. The minimum absolute atomic E-state index is 0.0646. The van der Waals surface area contributed by atoms with Gasteiger partial charge in [-0.25, -0.2) is 4.39 Å². The first-order chi connectivity index (χ1) is 11.8. The lowest BCUT2D eigenvalue weighted by Gasteiger charge is -2.28. The molecule has 0 spiro atoms. The molecule has 3 rings (SSSR count). The minimum Gasteiger partial charge on any atom is -0.494 e. The van der Waals surface area contributed by atoms with Crippen LogP contribution in [0.4, 0.5) is 4.39 Å². The summed E-state index contributed by atoms with van der Waals surface area (Å²) in [6.07, 6.45) is 1.55. The van der Waals surface area contributed by atoms with Crippen molar-refractivity contribution < 1.29 is 23.8 Å². The zero-order valence-electron chi connectivity index (χ0n) is 13.5. The third-order valence-electron chi connectivity index (χ3n) is 4.33. The van der Waals surface area contributed by atoms with Crippen LogP contribution in [0.15, 0.2) is 46.0 Å². The van der Waals surface area contributed by atoms with Gasteiger partial charge in [0, 0.05) is 16.7 Å². The fourth-order valence-corrected chi connectivity index (χ4v) is 4.10. The number of nitrogens with zero attached hydrogens (tertiary/aromatic N) is 1. The minimum atomic E-state index is -1.09. The number of amides is 1. The number of rotatable bonds is 4. The molecule has 1 N–H and O–H groups in total. The zero-order chi connectivity index (χ0) is 18.3. The van der Waals surface area contributed by atoms with Crippen LogP contribution >= 0.6 is 22.9 Å². The van der Waals surface area contributed by atoms with Crippen LogP contribution < -0.4 is 0 Å². The largest absolute Gasteiger partial charge is 0.494 e. The third-order valence-corrected chi connectivity index (χ3v) is 5.42. The van der Waals surface area contributed by atoms with Gasteiger partial charge in [0.15, 0.2) is 11.6 Å². The zero-order valence-corrected chi connectivity index (χ0v) is 15.1. The van der Waals surface area contributed by atoms with Crippen molar-refractivity contribution in [3.8, 4) is 0 Å². The molecule has 1 aromatic heterocycles. The van der Waals surface area contributed by atoms with E-state index >= 15 is 0 Å². The first kappa shape index (κ1) is 17.7. The van der Waals surface area contributed by atoms with E-state index in [9.17, 15) is 19.1 Å². The average Bonchev–Trinajstić information content (AvgIpc) is 3.10. The summed E-state index contributed by atoms with van der Waals surface area (Å²) in [7, 11) is 1.35. The number of methoxy groups -OCH3 is 1. The maximum Gasteiger partial charge on any atom is 0.307 e. The van der Waals surface area contributed by atoms with Crippen LogP contribution in [0, 0.1) is 0 Å². The molecule has 132 valence electrons. The Kier molecular flexibility index (Phi) is 4.71. The van der Waals surface area contributed by atoms with Gasteiger partial charge in [0.25, 0.3) is 5.91 Å². The van der Waals surface area contributed by atoms with Gasteiger partial charge in [-0.3, -0.25) is 9.59 Å². The van der Waals surface area contributed by atoms with E-state index in [1.54, 1.807) is 24.4 Å². The van der Waals surface area contributed by atoms with Crippen LogP contribution in [0.25, 0.3) is 0 Å². The van der Waals surface area contributed by atoms with Crippen LogP contribution in [0.1, 0.15) is 30.1 Å². The number of allylic oxidation sites excluding steroid dienone is 2. The van der Waals surface area contributed by atoms with E-state index in [2.05, 4.69) is 0 Å². The molecule has 1 aliphatic heterocycles. The fraction of sp³-hybridized carbons (Fsp3) is 0.294. The Morgan fingerprint density at radius 1 is 1.52 bits per heavy atom. The van der Waals surface area contributed by atoms with Crippen molar-refractivity contribution in [2.24, 2.45) is 0 Å². The number of carboxylic acid groups (broad SMARTS) is 1. The molecule has 0 saturated heterocycles. The molecule has 1 aliphatic carbocycles. The molecule has 2 heterocycles. The Hall–Kier alpha value is -2.12. The first-order valence-corrected chi connectivity index (χ1v) is 8.74.